The third kappa shape index (κ3) is 2.33. The molecule has 102 valence electrons. The van der Waals surface area contributed by atoms with Crippen LogP contribution in [0.2, 0.25) is 0 Å². The van der Waals surface area contributed by atoms with Gasteiger partial charge in [-0.1, -0.05) is 13.8 Å². The molecule has 0 amide bonds. The molecule has 19 heavy (non-hydrogen) atoms. The van der Waals surface area contributed by atoms with Crippen LogP contribution >= 0.6 is 0 Å². The van der Waals surface area contributed by atoms with E-state index in [9.17, 15) is 9.90 Å². The van der Waals surface area contributed by atoms with Gasteiger partial charge in [0.2, 0.25) is 0 Å². The minimum absolute atomic E-state index is 0.302. The zero-order valence-electron chi connectivity index (χ0n) is 10.9. The van der Waals surface area contributed by atoms with Crippen molar-refractivity contribution in [1.82, 2.24) is 25.0 Å². The third-order valence-corrected chi connectivity index (χ3v) is 3.52. The van der Waals surface area contributed by atoms with Gasteiger partial charge >= 0.3 is 5.97 Å². The molecule has 0 fully saturated rings. The average Bonchev–Trinajstić information content (AvgIpc) is 2.89. The van der Waals surface area contributed by atoms with E-state index in [0.717, 1.165) is 0 Å². The summed E-state index contributed by atoms with van der Waals surface area (Å²) in [6, 6.07) is 0. The number of tetrazole rings is 1. The Morgan fingerprint density at radius 3 is 2.79 bits per heavy atom. The highest BCUT2D eigenvalue weighted by molar-refractivity contribution is 5.75. The van der Waals surface area contributed by atoms with E-state index >= 15 is 0 Å². The van der Waals surface area contributed by atoms with Crippen molar-refractivity contribution in [2.24, 2.45) is 5.41 Å². The maximum absolute atomic E-state index is 11.4. The van der Waals surface area contributed by atoms with E-state index in [1.165, 1.54) is 10.7 Å². The Kier molecular flexibility index (Phi) is 3.59. The normalized spacial score (nSPS) is 11.7. The first kappa shape index (κ1) is 13.2. The van der Waals surface area contributed by atoms with Crippen molar-refractivity contribution in [3.05, 3.63) is 12.4 Å². The van der Waals surface area contributed by atoms with Crippen molar-refractivity contribution in [3.8, 4) is 0 Å². The number of aliphatic carboxylic acids is 1. The number of anilines is 1. The van der Waals surface area contributed by atoms with Crippen molar-refractivity contribution in [2.75, 3.05) is 11.9 Å². The van der Waals surface area contributed by atoms with E-state index in [2.05, 4.69) is 25.8 Å². The average molecular weight is 264 g/mol. The molecule has 0 aliphatic carbocycles. The van der Waals surface area contributed by atoms with Crippen LogP contribution in [0.15, 0.2) is 12.4 Å². The summed E-state index contributed by atoms with van der Waals surface area (Å²) < 4.78 is 1.49. The van der Waals surface area contributed by atoms with Crippen molar-refractivity contribution in [1.29, 1.82) is 0 Å². The quantitative estimate of drug-likeness (QED) is 0.795. The smallest absolute Gasteiger partial charge is 0.311 e. The molecule has 2 N–H and O–H groups in total. The third-order valence-electron chi connectivity index (χ3n) is 3.52. The second kappa shape index (κ2) is 5.17. The van der Waals surface area contributed by atoms with Gasteiger partial charge in [-0.25, -0.2) is 0 Å². The second-order valence-electron chi connectivity index (χ2n) is 4.39. The molecule has 0 radical (unpaired) electrons. The van der Waals surface area contributed by atoms with Gasteiger partial charge in [0.15, 0.2) is 5.65 Å². The Morgan fingerprint density at radius 1 is 1.42 bits per heavy atom. The molecule has 0 aliphatic rings. The lowest BCUT2D eigenvalue weighted by Crippen LogP contribution is -2.37. The minimum atomic E-state index is -0.804. The standard InChI is InChI=1S/C11H16N6O2/c1-3-11(4-2,10(18)19)7-13-8-5-12-6-9-14-15-16-17(8)9/h5-6,13H,3-4,7H2,1-2H3,(H,18,19). The van der Waals surface area contributed by atoms with E-state index < -0.39 is 11.4 Å². The summed E-state index contributed by atoms with van der Waals surface area (Å²) in [6.07, 6.45) is 4.20. The number of rotatable bonds is 6. The number of hydrogen-bond acceptors (Lipinski definition) is 6. The molecular weight excluding hydrogens is 248 g/mol. The fraction of sp³-hybridized carbons (Fsp3) is 0.545. The zero-order chi connectivity index (χ0) is 13.9. The van der Waals surface area contributed by atoms with Gasteiger partial charge in [0.25, 0.3) is 0 Å². The van der Waals surface area contributed by atoms with E-state index in [4.69, 9.17) is 0 Å². The monoisotopic (exact) mass is 264 g/mol. The van der Waals surface area contributed by atoms with Crippen LogP contribution in [0.25, 0.3) is 5.65 Å². The number of nitrogens with one attached hydrogen (secondary N) is 1. The topological polar surface area (TPSA) is 105 Å². The van der Waals surface area contributed by atoms with Crippen LogP contribution in [-0.2, 0) is 4.79 Å². The molecule has 0 aromatic carbocycles. The molecule has 0 saturated heterocycles. The summed E-state index contributed by atoms with van der Waals surface area (Å²) in [7, 11) is 0. The van der Waals surface area contributed by atoms with E-state index in [1.54, 1.807) is 6.20 Å². The fourth-order valence-corrected chi connectivity index (χ4v) is 1.93. The molecule has 2 aromatic rings. The van der Waals surface area contributed by atoms with Crippen LogP contribution in [0, 0.1) is 5.41 Å². The van der Waals surface area contributed by atoms with Crippen LogP contribution in [-0.4, -0.2) is 42.6 Å². The van der Waals surface area contributed by atoms with Crippen LogP contribution in [0.1, 0.15) is 26.7 Å². The SMILES string of the molecule is CCC(CC)(CNc1cncc2nnnn12)C(=O)O. The first-order valence-corrected chi connectivity index (χ1v) is 6.12. The van der Waals surface area contributed by atoms with Gasteiger partial charge < -0.3 is 10.4 Å². The van der Waals surface area contributed by atoms with Gasteiger partial charge in [-0.3, -0.25) is 9.78 Å². The summed E-state index contributed by atoms with van der Waals surface area (Å²) in [5.74, 6) is -0.225. The maximum Gasteiger partial charge on any atom is 0.311 e. The van der Waals surface area contributed by atoms with E-state index in [0.29, 0.717) is 30.9 Å². The van der Waals surface area contributed by atoms with Crippen LogP contribution < -0.4 is 5.32 Å². The highest BCUT2D eigenvalue weighted by Gasteiger charge is 2.34. The Labute approximate surface area is 109 Å². The summed E-state index contributed by atoms with van der Waals surface area (Å²) >= 11 is 0. The largest absolute Gasteiger partial charge is 0.481 e. The number of nitrogens with zero attached hydrogens (tertiary/aromatic N) is 5. The predicted octanol–water partition coefficient (Wildman–Crippen LogP) is 0.822. The highest BCUT2D eigenvalue weighted by atomic mass is 16.4. The number of aromatic nitrogens is 5. The number of carboxylic acid groups (broad SMARTS) is 1. The molecular formula is C11H16N6O2. The van der Waals surface area contributed by atoms with Gasteiger partial charge in [0.05, 0.1) is 17.8 Å². The molecule has 2 heterocycles. The summed E-state index contributed by atoms with van der Waals surface area (Å²) in [5, 5.41) is 23.6. The van der Waals surface area contributed by atoms with Crippen molar-refractivity contribution >= 4 is 17.4 Å². The van der Waals surface area contributed by atoms with Crippen molar-refractivity contribution in [3.63, 3.8) is 0 Å². The van der Waals surface area contributed by atoms with E-state index in [1.807, 2.05) is 13.8 Å². The van der Waals surface area contributed by atoms with Gasteiger partial charge in [0.1, 0.15) is 5.82 Å². The second-order valence-corrected chi connectivity index (χ2v) is 4.39. The molecule has 0 bridgehead atoms. The first-order chi connectivity index (χ1) is 9.13. The van der Waals surface area contributed by atoms with Crippen LogP contribution in [0.5, 0.6) is 0 Å². The van der Waals surface area contributed by atoms with Gasteiger partial charge in [-0.05, 0) is 23.3 Å². The maximum atomic E-state index is 11.4. The molecule has 2 aromatic heterocycles. The molecule has 0 unspecified atom stereocenters. The summed E-state index contributed by atoms with van der Waals surface area (Å²) in [5.41, 5.74) is -0.283. The summed E-state index contributed by atoms with van der Waals surface area (Å²) in [4.78, 5) is 15.4. The summed E-state index contributed by atoms with van der Waals surface area (Å²) in [6.45, 7) is 4.04. The lowest BCUT2D eigenvalue weighted by atomic mass is 9.82. The first-order valence-electron chi connectivity index (χ1n) is 6.12. The Hall–Kier alpha value is -2.25. The minimum Gasteiger partial charge on any atom is -0.481 e. The molecule has 0 atom stereocenters. The molecule has 8 heteroatoms. The van der Waals surface area contributed by atoms with Crippen LogP contribution in [0.4, 0.5) is 5.82 Å². The molecule has 2 rings (SSSR count). The van der Waals surface area contributed by atoms with Crippen molar-refractivity contribution in [2.45, 2.75) is 26.7 Å². The number of carbonyl (C=O) groups is 1. The Morgan fingerprint density at radius 2 is 2.16 bits per heavy atom. The Balaban J connectivity index is 2.22. The highest BCUT2D eigenvalue weighted by Crippen LogP contribution is 2.27. The van der Waals surface area contributed by atoms with Crippen LogP contribution in [0.3, 0.4) is 0 Å². The van der Waals surface area contributed by atoms with Crippen molar-refractivity contribution < 1.29 is 9.90 Å². The number of hydrogen-bond donors (Lipinski definition) is 2. The van der Waals surface area contributed by atoms with Gasteiger partial charge in [-0.2, -0.15) is 4.52 Å². The van der Waals surface area contributed by atoms with Gasteiger partial charge in [-0.15, -0.1) is 5.10 Å². The lowest BCUT2D eigenvalue weighted by Gasteiger charge is -2.27. The molecule has 0 spiro atoms. The zero-order valence-corrected chi connectivity index (χ0v) is 10.9. The van der Waals surface area contributed by atoms with E-state index in [-0.39, 0.29) is 0 Å². The van der Waals surface area contributed by atoms with Gasteiger partial charge in [0, 0.05) is 6.54 Å². The fourth-order valence-electron chi connectivity index (χ4n) is 1.93. The molecule has 0 saturated carbocycles. The molecule has 8 nitrogen and oxygen atoms in total. The number of carboxylic acids is 1. The molecule has 0 aliphatic heterocycles. The predicted molar refractivity (Wildman–Crippen MR) is 67.7 cm³/mol. The Bertz CT molecular complexity index is 577. The number of fused-ring (bicyclic) bond motifs is 1. The lowest BCUT2D eigenvalue weighted by molar-refractivity contribution is -0.148.